The lowest BCUT2D eigenvalue weighted by molar-refractivity contribution is -0.192. The molecule has 0 bridgehead atoms. The number of para-hydroxylation sites is 1. The molecule has 0 fully saturated rings. The molecular formula is C14H14F3NO7. The summed E-state index contributed by atoms with van der Waals surface area (Å²) in [6, 6.07) is 5.65. The lowest BCUT2D eigenvalue weighted by Crippen LogP contribution is -2.50. The molecule has 8 nitrogen and oxygen atoms in total. The second-order valence-electron chi connectivity index (χ2n) is 5.14. The number of aliphatic carboxylic acids is 3. The summed E-state index contributed by atoms with van der Waals surface area (Å²) in [4.78, 5) is 31.0. The van der Waals surface area contributed by atoms with Gasteiger partial charge >= 0.3 is 24.1 Å². The molecule has 1 aromatic carbocycles. The number of ether oxygens (including phenoxy) is 1. The third-order valence-electron chi connectivity index (χ3n) is 3.25. The lowest BCUT2D eigenvalue weighted by Gasteiger charge is -2.25. The SMILES string of the molecule is N[C@@H](C[C@]1(C(=O)O)Cc2ccccc2O1)C(=O)O.O=C(O)C(F)(F)F. The standard InChI is InChI=1S/C12H13NO5.C2HF3O2/c13-8(10(14)15)6-12(11(16)17)5-7-3-1-2-4-9(7)18-12;3-2(4,5)1(6)7/h1-4,8H,5-6,13H2,(H,14,15)(H,16,17);(H,6,7)/t8-,12-;/m0./s1. The molecule has 0 radical (unpaired) electrons. The Labute approximate surface area is 138 Å². The fourth-order valence-corrected chi connectivity index (χ4v) is 2.07. The normalized spacial score (nSPS) is 19.7. The van der Waals surface area contributed by atoms with Crippen LogP contribution in [-0.4, -0.2) is 51.0 Å². The highest BCUT2D eigenvalue weighted by Crippen LogP contribution is 2.37. The van der Waals surface area contributed by atoms with E-state index in [1.54, 1.807) is 24.3 Å². The summed E-state index contributed by atoms with van der Waals surface area (Å²) < 4.78 is 37.2. The topological polar surface area (TPSA) is 147 Å². The molecule has 138 valence electrons. The van der Waals surface area contributed by atoms with Crippen molar-refractivity contribution in [2.24, 2.45) is 5.73 Å². The van der Waals surface area contributed by atoms with Crippen LogP contribution in [0.4, 0.5) is 13.2 Å². The predicted octanol–water partition coefficient (Wildman–Crippen LogP) is 0.880. The van der Waals surface area contributed by atoms with Gasteiger partial charge in [-0.1, -0.05) is 18.2 Å². The largest absolute Gasteiger partial charge is 0.490 e. The Morgan fingerprint density at radius 1 is 1.20 bits per heavy atom. The second kappa shape index (κ2) is 7.38. The Balaban J connectivity index is 0.000000381. The number of halogens is 3. The molecule has 1 aliphatic rings. The van der Waals surface area contributed by atoms with Gasteiger partial charge in [0.05, 0.1) is 0 Å². The zero-order valence-electron chi connectivity index (χ0n) is 12.5. The van der Waals surface area contributed by atoms with E-state index >= 15 is 0 Å². The summed E-state index contributed by atoms with van der Waals surface area (Å²) in [6.45, 7) is 0. The van der Waals surface area contributed by atoms with Gasteiger partial charge in [-0.05, 0) is 11.6 Å². The number of hydrogen-bond donors (Lipinski definition) is 4. The number of nitrogens with two attached hydrogens (primary N) is 1. The summed E-state index contributed by atoms with van der Waals surface area (Å²) in [6.07, 6.45) is -5.23. The van der Waals surface area contributed by atoms with Crippen molar-refractivity contribution in [2.75, 3.05) is 0 Å². The number of benzene rings is 1. The molecule has 25 heavy (non-hydrogen) atoms. The van der Waals surface area contributed by atoms with Crippen LogP contribution >= 0.6 is 0 Å². The zero-order chi connectivity index (χ0) is 19.4. The van der Waals surface area contributed by atoms with Gasteiger partial charge in [-0.15, -0.1) is 0 Å². The first-order chi connectivity index (χ1) is 11.4. The molecule has 11 heteroatoms. The molecule has 0 aliphatic carbocycles. The van der Waals surface area contributed by atoms with Gasteiger partial charge in [-0.25, -0.2) is 9.59 Å². The maximum absolute atomic E-state index is 11.4. The van der Waals surface area contributed by atoms with Crippen molar-refractivity contribution in [1.82, 2.24) is 0 Å². The average Bonchev–Trinajstić information content (AvgIpc) is 2.86. The summed E-state index contributed by atoms with van der Waals surface area (Å²) in [5, 5.41) is 25.2. The van der Waals surface area contributed by atoms with E-state index in [1.807, 2.05) is 0 Å². The zero-order valence-corrected chi connectivity index (χ0v) is 12.5. The highest BCUT2D eigenvalue weighted by molar-refractivity contribution is 5.82. The predicted molar refractivity (Wildman–Crippen MR) is 75.1 cm³/mol. The summed E-state index contributed by atoms with van der Waals surface area (Å²) >= 11 is 0. The maximum Gasteiger partial charge on any atom is 0.490 e. The summed E-state index contributed by atoms with van der Waals surface area (Å²) in [5.74, 6) is -4.73. The molecule has 1 heterocycles. The monoisotopic (exact) mass is 365 g/mol. The minimum Gasteiger partial charge on any atom is -0.480 e. The molecule has 2 atom stereocenters. The van der Waals surface area contributed by atoms with Crippen LogP contribution in [0.3, 0.4) is 0 Å². The number of rotatable bonds is 4. The molecule has 0 spiro atoms. The Bertz CT molecular complexity index is 650. The van der Waals surface area contributed by atoms with Crippen LogP contribution in [0.15, 0.2) is 24.3 Å². The third-order valence-corrected chi connectivity index (χ3v) is 3.25. The first-order valence-electron chi connectivity index (χ1n) is 6.68. The average molecular weight is 365 g/mol. The molecule has 0 saturated heterocycles. The molecular weight excluding hydrogens is 351 g/mol. The number of hydrogen-bond acceptors (Lipinski definition) is 5. The van der Waals surface area contributed by atoms with Gasteiger partial charge in [0, 0.05) is 12.8 Å². The van der Waals surface area contributed by atoms with Gasteiger partial charge in [0.25, 0.3) is 0 Å². The van der Waals surface area contributed by atoms with E-state index in [-0.39, 0.29) is 12.8 Å². The van der Waals surface area contributed by atoms with Crippen molar-refractivity contribution in [3.05, 3.63) is 29.8 Å². The van der Waals surface area contributed by atoms with Crippen LogP contribution < -0.4 is 10.5 Å². The molecule has 0 amide bonds. The van der Waals surface area contributed by atoms with E-state index in [4.69, 9.17) is 25.5 Å². The van der Waals surface area contributed by atoms with Crippen molar-refractivity contribution in [3.63, 3.8) is 0 Å². The Morgan fingerprint density at radius 2 is 1.72 bits per heavy atom. The Morgan fingerprint density at radius 3 is 2.12 bits per heavy atom. The lowest BCUT2D eigenvalue weighted by atomic mass is 9.90. The first-order valence-corrected chi connectivity index (χ1v) is 6.68. The van der Waals surface area contributed by atoms with Crippen molar-refractivity contribution < 1.29 is 47.6 Å². The van der Waals surface area contributed by atoms with Gasteiger partial charge in [-0.2, -0.15) is 13.2 Å². The van der Waals surface area contributed by atoms with E-state index in [9.17, 15) is 27.9 Å². The van der Waals surface area contributed by atoms with Crippen molar-refractivity contribution in [1.29, 1.82) is 0 Å². The van der Waals surface area contributed by atoms with Gasteiger partial charge in [0.2, 0.25) is 5.60 Å². The van der Waals surface area contributed by atoms with E-state index < -0.39 is 35.7 Å². The van der Waals surface area contributed by atoms with E-state index in [2.05, 4.69) is 0 Å². The van der Waals surface area contributed by atoms with Crippen LogP contribution in [0.5, 0.6) is 5.75 Å². The van der Waals surface area contributed by atoms with Crippen LogP contribution in [0.2, 0.25) is 0 Å². The van der Waals surface area contributed by atoms with Crippen molar-refractivity contribution in [3.8, 4) is 5.75 Å². The number of carbonyl (C=O) groups is 3. The second-order valence-corrected chi connectivity index (χ2v) is 5.14. The highest BCUT2D eigenvalue weighted by atomic mass is 19.4. The fraction of sp³-hybridized carbons (Fsp3) is 0.357. The number of carboxylic acids is 3. The van der Waals surface area contributed by atoms with Crippen LogP contribution in [-0.2, 0) is 20.8 Å². The van der Waals surface area contributed by atoms with Crippen molar-refractivity contribution >= 4 is 17.9 Å². The van der Waals surface area contributed by atoms with Crippen LogP contribution in [0.1, 0.15) is 12.0 Å². The molecule has 1 aliphatic heterocycles. The van der Waals surface area contributed by atoms with Gasteiger partial charge in [-0.3, -0.25) is 4.79 Å². The first kappa shape index (κ1) is 20.2. The van der Waals surface area contributed by atoms with Crippen LogP contribution in [0, 0.1) is 0 Å². The van der Waals surface area contributed by atoms with E-state index in [1.165, 1.54) is 0 Å². The Kier molecular flexibility index (Phi) is 5.97. The molecule has 0 unspecified atom stereocenters. The third kappa shape index (κ3) is 5.08. The van der Waals surface area contributed by atoms with Gasteiger partial charge in [0.1, 0.15) is 11.8 Å². The minimum atomic E-state index is -5.08. The number of alkyl halides is 3. The smallest absolute Gasteiger partial charge is 0.480 e. The minimum absolute atomic E-state index is 0.124. The van der Waals surface area contributed by atoms with Crippen LogP contribution in [0.25, 0.3) is 0 Å². The molecule has 2 rings (SSSR count). The Hall–Kier alpha value is -2.82. The summed E-state index contributed by atoms with van der Waals surface area (Å²) in [7, 11) is 0. The highest BCUT2D eigenvalue weighted by Gasteiger charge is 2.48. The molecule has 1 aromatic rings. The summed E-state index contributed by atoms with van der Waals surface area (Å²) in [5.41, 5.74) is 4.58. The number of carboxylic acid groups (broad SMARTS) is 3. The van der Waals surface area contributed by atoms with E-state index in [0.717, 1.165) is 5.56 Å². The molecule has 0 aromatic heterocycles. The van der Waals surface area contributed by atoms with Gasteiger partial charge in [0.15, 0.2) is 0 Å². The molecule has 0 saturated carbocycles. The van der Waals surface area contributed by atoms with Gasteiger partial charge < -0.3 is 25.8 Å². The maximum atomic E-state index is 11.4. The number of fused-ring (bicyclic) bond motifs is 1. The van der Waals surface area contributed by atoms with E-state index in [0.29, 0.717) is 5.75 Å². The fourth-order valence-electron chi connectivity index (χ4n) is 2.07. The quantitative estimate of drug-likeness (QED) is 0.615. The molecule has 5 N–H and O–H groups in total. The van der Waals surface area contributed by atoms with Crippen molar-refractivity contribution in [2.45, 2.75) is 30.7 Å².